The number of rotatable bonds is 0. The van der Waals surface area contributed by atoms with Crippen LogP contribution in [0.15, 0.2) is 0 Å². The second-order valence-corrected chi connectivity index (χ2v) is 0.981. The van der Waals surface area contributed by atoms with Crippen molar-refractivity contribution in [1.82, 2.24) is 0 Å². The van der Waals surface area contributed by atoms with Gasteiger partial charge in [0.05, 0.1) is 0 Å². The molecule has 0 heterocycles. The molecule has 5 heteroatoms. The average molecular weight is 126 g/mol. The maximum atomic E-state index is 8.67. The monoisotopic (exact) mass is 126 g/mol. The third-order valence-electron chi connectivity index (χ3n) is 0. The van der Waals surface area contributed by atoms with E-state index in [0.717, 1.165) is 0 Å². The molecule has 1 N–H and O–H groups in total. The van der Waals surface area contributed by atoms with E-state index in [2.05, 4.69) is 0 Å². The zero-order chi connectivity index (χ0) is 3.58. The Hall–Kier alpha value is 0.911. The molecule has 0 aromatic rings. The Morgan fingerprint density at radius 3 is 1.60 bits per heavy atom. The van der Waals surface area contributed by atoms with Gasteiger partial charge in [0.15, 0.2) is 0 Å². The van der Waals surface area contributed by atoms with Gasteiger partial charge in [-0.05, 0) is 0 Å². The molecule has 0 aliphatic rings. The van der Waals surface area contributed by atoms with Crippen LogP contribution in [-0.4, -0.2) is 27.1 Å². The van der Waals surface area contributed by atoms with Crippen molar-refractivity contribution in [2.45, 2.75) is 0 Å². The van der Waals surface area contributed by atoms with Crippen LogP contribution in [0.2, 0.25) is 0 Å². The van der Waals surface area contributed by atoms with E-state index in [4.69, 9.17) is 11.4 Å². The van der Waals surface area contributed by atoms with Crippen molar-refractivity contribution >= 4 is 23.1 Å². The van der Waals surface area contributed by atoms with Crippen molar-refractivity contribution in [3.8, 4) is 0 Å². The van der Waals surface area contributed by atoms with Crippen molar-refractivity contribution in [1.29, 1.82) is 0 Å². The van der Waals surface area contributed by atoms with Crippen LogP contribution in [0.25, 0.3) is 0 Å². The Bertz CT molecular complexity index is 61.3. The molecule has 0 bridgehead atoms. The van der Waals surface area contributed by atoms with Gasteiger partial charge < -0.3 is 2.85 Å². The minimum atomic E-state index is -3.69. The maximum absolute atomic E-state index is 8.67. The first kappa shape index (κ1) is 9.32. The third kappa shape index (κ3) is 50.2. The van der Waals surface area contributed by atoms with E-state index in [1.165, 1.54) is 0 Å². The van der Waals surface area contributed by atoms with E-state index in [1.54, 1.807) is 0 Å². The molecule has 0 fully saturated rings. The molecule has 0 aromatic heterocycles. The van der Waals surface area contributed by atoms with E-state index in [0.29, 0.717) is 0 Å². The zero-order valence-electron chi connectivity index (χ0n) is 4.42. The molecule has 0 spiro atoms. The molecule has 5 heavy (non-hydrogen) atoms. The summed E-state index contributed by atoms with van der Waals surface area (Å²) in [6, 6.07) is 0. The molecule has 0 amide bonds. The summed E-state index contributed by atoms with van der Waals surface area (Å²) in [5.74, 6) is 0. The Morgan fingerprint density at radius 2 is 1.60 bits per heavy atom. The van der Waals surface area contributed by atoms with Crippen LogP contribution in [0, 0.1) is 0 Å². The quantitative estimate of drug-likeness (QED) is 0.426. The standard InChI is InChI=1S/Mg.H2O.2O.V.2H/h;1H2;;;;;/q+2;;;;+1;2*-1/p-1. The fourth-order valence-corrected chi connectivity index (χ4v) is 0. The molecule has 0 unspecified atom stereocenters. The molecule has 0 aliphatic carbocycles. The Labute approximate surface area is 52.9 Å². The molecule has 0 aliphatic heterocycles. The summed E-state index contributed by atoms with van der Waals surface area (Å²) in [6.07, 6.45) is 0. The van der Waals surface area contributed by atoms with Gasteiger partial charge in [-0.25, -0.2) is 0 Å². The van der Waals surface area contributed by atoms with Gasteiger partial charge in [-0.3, -0.25) is 0 Å². The van der Waals surface area contributed by atoms with Gasteiger partial charge in [-0.2, -0.15) is 0 Å². The summed E-state index contributed by atoms with van der Waals surface area (Å²) in [5, 5.41) is 0. The van der Waals surface area contributed by atoms with Gasteiger partial charge in [0.25, 0.3) is 0 Å². The SMILES string of the molecule is [H-].[H-].[Mg+2].[O]=[V](=[O])[OH]. The molecule has 0 rings (SSSR count). The summed E-state index contributed by atoms with van der Waals surface area (Å²) in [4.78, 5) is 0. The summed E-state index contributed by atoms with van der Waals surface area (Å²) in [5.41, 5.74) is 0. The summed E-state index contributed by atoms with van der Waals surface area (Å²) >= 11 is -3.69. The van der Waals surface area contributed by atoms with Gasteiger partial charge in [0.1, 0.15) is 0 Å². The van der Waals surface area contributed by atoms with E-state index >= 15 is 0 Å². The van der Waals surface area contributed by atoms with Crippen LogP contribution in [-0.2, 0) is 22.7 Å². The van der Waals surface area contributed by atoms with Crippen LogP contribution in [0.1, 0.15) is 2.85 Å². The van der Waals surface area contributed by atoms with E-state index < -0.39 is 15.4 Å². The van der Waals surface area contributed by atoms with Crippen LogP contribution in [0.3, 0.4) is 0 Å². The Balaban J connectivity index is -0.0000000150. The van der Waals surface area contributed by atoms with Gasteiger partial charge in [0, 0.05) is 0 Å². The predicted molar refractivity (Wildman–Crippen MR) is 11.6 cm³/mol. The third-order valence-corrected chi connectivity index (χ3v) is 0. The van der Waals surface area contributed by atoms with Crippen LogP contribution >= 0.6 is 0 Å². The normalized spacial score (nSPS) is 5.00. The van der Waals surface area contributed by atoms with Crippen molar-refractivity contribution in [2.24, 2.45) is 0 Å². The first-order valence-electron chi connectivity index (χ1n) is 0.565. The van der Waals surface area contributed by atoms with E-state index in [9.17, 15) is 0 Å². The van der Waals surface area contributed by atoms with Crippen molar-refractivity contribution in [3.63, 3.8) is 0 Å². The minimum absolute atomic E-state index is 0. The van der Waals surface area contributed by atoms with E-state index in [1.807, 2.05) is 0 Å². The molecule has 28 valence electrons. The first-order chi connectivity index (χ1) is 1.73. The molecule has 0 saturated heterocycles. The Kier molecular flexibility index (Phi) is 9.15. The summed E-state index contributed by atoms with van der Waals surface area (Å²) < 4.78 is 24.4. The van der Waals surface area contributed by atoms with E-state index in [-0.39, 0.29) is 25.9 Å². The Morgan fingerprint density at radius 1 is 1.60 bits per heavy atom. The van der Waals surface area contributed by atoms with Crippen LogP contribution < -0.4 is 0 Å². The number of hydrogen-bond donors (Lipinski definition) is 1. The second kappa shape index (κ2) is 4.91. The van der Waals surface area contributed by atoms with Gasteiger partial charge >= 0.3 is 49.8 Å². The van der Waals surface area contributed by atoms with Crippen molar-refractivity contribution in [2.75, 3.05) is 0 Å². The van der Waals surface area contributed by atoms with Gasteiger partial charge in [0.2, 0.25) is 0 Å². The van der Waals surface area contributed by atoms with Crippen LogP contribution in [0.4, 0.5) is 0 Å². The summed E-state index contributed by atoms with van der Waals surface area (Å²) in [6.45, 7) is 0. The molecule has 0 saturated carbocycles. The molecular weight excluding hydrogens is 123 g/mol. The van der Waals surface area contributed by atoms with Gasteiger partial charge in [-0.15, -0.1) is 0 Å². The van der Waals surface area contributed by atoms with Gasteiger partial charge in [-0.1, -0.05) is 0 Å². The molecule has 0 aromatic carbocycles. The van der Waals surface area contributed by atoms with Crippen molar-refractivity contribution in [3.05, 3.63) is 0 Å². The molecule has 0 atom stereocenters. The molecular formula is H3MgO3V. The first-order valence-corrected chi connectivity index (χ1v) is 2.33. The fourth-order valence-electron chi connectivity index (χ4n) is 0. The summed E-state index contributed by atoms with van der Waals surface area (Å²) in [7, 11) is 0. The molecule has 0 radical (unpaired) electrons. The second-order valence-electron chi connectivity index (χ2n) is 0.238. The molecule has 3 nitrogen and oxygen atoms in total. The predicted octanol–water partition coefficient (Wildman–Crippen LogP) is -0.953. The topological polar surface area (TPSA) is 54.4 Å². The van der Waals surface area contributed by atoms with Crippen LogP contribution in [0.5, 0.6) is 0 Å². The fraction of sp³-hybridized carbons (Fsp3) is 0. The number of hydrogen-bond acceptors (Lipinski definition) is 2. The zero-order valence-corrected chi connectivity index (χ0v) is 5.23. The average Bonchev–Trinajstić information content (AvgIpc) is 0.811. The van der Waals surface area contributed by atoms with Crippen molar-refractivity contribution < 1.29 is 29.6 Å².